The van der Waals surface area contributed by atoms with Gasteiger partial charge in [-0.05, 0) is 32.3 Å². The molecule has 1 saturated heterocycles. The minimum Gasteiger partial charge on any atom is -0.390 e. The number of amides is 1. The second kappa shape index (κ2) is 8.86. The van der Waals surface area contributed by atoms with Gasteiger partial charge in [-0.1, -0.05) is 23.2 Å². The van der Waals surface area contributed by atoms with Crippen molar-refractivity contribution in [1.82, 2.24) is 9.80 Å². The number of carbonyl (C=O) groups is 1. The van der Waals surface area contributed by atoms with E-state index in [-0.39, 0.29) is 24.0 Å². The fourth-order valence-corrected chi connectivity index (χ4v) is 5.22. The molecule has 1 aliphatic heterocycles. The molecule has 146 valence electrons. The topological polar surface area (TPSA) is 90.0 Å². The van der Waals surface area contributed by atoms with Gasteiger partial charge in [0.1, 0.15) is 0 Å². The van der Waals surface area contributed by atoms with Crippen LogP contribution in [-0.2, 0) is 14.6 Å². The Morgan fingerprint density at radius 1 is 1.19 bits per heavy atom. The summed E-state index contributed by atoms with van der Waals surface area (Å²) in [4.78, 5) is 16.1. The average molecular weight is 424 g/mol. The van der Waals surface area contributed by atoms with Gasteiger partial charge >= 0.3 is 0 Å². The quantitative estimate of drug-likeness (QED) is 0.678. The summed E-state index contributed by atoms with van der Waals surface area (Å²) in [5, 5.41) is 13.6. The van der Waals surface area contributed by atoms with Crippen LogP contribution in [0.25, 0.3) is 0 Å². The van der Waals surface area contributed by atoms with Crippen LogP contribution < -0.4 is 5.32 Å². The minimum atomic E-state index is -3.31. The minimum absolute atomic E-state index is 0.0464. The lowest BCUT2D eigenvalue weighted by molar-refractivity contribution is -0.118. The Kier molecular flexibility index (Phi) is 7.29. The van der Waals surface area contributed by atoms with Gasteiger partial charge in [0.2, 0.25) is 5.91 Å². The maximum Gasteiger partial charge on any atom is 0.238 e. The van der Waals surface area contributed by atoms with Gasteiger partial charge in [-0.2, -0.15) is 0 Å². The molecule has 7 nitrogen and oxygen atoms in total. The van der Waals surface area contributed by atoms with E-state index in [9.17, 15) is 18.3 Å². The van der Waals surface area contributed by atoms with Crippen molar-refractivity contribution in [3.63, 3.8) is 0 Å². The van der Waals surface area contributed by atoms with E-state index >= 15 is 0 Å². The number of aliphatic hydroxyl groups excluding tert-OH is 1. The van der Waals surface area contributed by atoms with Gasteiger partial charge in [0.25, 0.3) is 0 Å². The lowest BCUT2D eigenvalue weighted by atomic mass is 10.1. The predicted molar refractivity (Wildman–Crippen MR) is 104 cm³/mol. The molecule has 2 N–H and O–H groups in total. The Morgan fingerprint density at radius 3 is 2.31 bits per heavy atom. The summed E-state index contributed by atoms with van der Waals surface area (Å²) in [5.41, 5.74) is 0.458. The summed E-state index contributed by atoms with van der Waals surface area (Å²) in [6, 6.07) is 4.10. The van der Waals surface area contributed by atoms with Gasteiger partial charge in [0.05, 0.1) is 30.2 Å². The van der Waals surface area contributed by atoms with Gasteiger partial charge in [0, 0.05) is 28.8 Å². The van der Waals surface area contributed by atoms with Crippen molar-refractivity contribution in [2.24, 2.45) is 0 Å². The van der Waals surface area contributed by atoms with Crippen molar-refractivity contribution in [3.8, 4) is 0 Å². The largest absolute Gasteiger partial charge is 0.390 e. The number of hydrogen-bond donors (Lipinski definition) is 2. The SMILES string of the molecule is CN(C)CCN(CC(=O)Nc1cc(Cl)cc(Cl)c1)C1CS(=O)(=O)CC1O. The lowest BCUT2D eigenvalue weighted by Gasteiger charge is -2.30. The third-order valence-corrected chi connectivity index (χ3v) is 6.23. The molecule has 0 saturated carbocycles. The second-order valence-corrected chi connectivity index (χ2v) is 9.72. The van der Waals surface area contributed by atoms with E-state index in [1.165, 1.54) is 0 Å². The maximum atomic E-state index is 12.4. The highest BCUT2D eigenvalue weighted by Gasteiger charge is 2.40. The highest BCUT2D eigenvalue weighted by Crippen LogP contribution is 2.23. The molecule has 10 heteroatoms. The van der Waals surface area contributed by atoms with Gasteiger partial charge in [-0.25, -0.2) is 8.42 Å². The van der Waals surface area contributed by atoms with Crippen LogP contribution >= 0.6 is 23.2 Å². The third kappa shape index (κ3) is 6.37. The fraction of sp³-hybridized carbons (Fsp3) is 0.562. The molecule has 1 aromatic carbocycles. The van der Waals surface area contributed by atoms with E-state index in [1.54, 1.807) is 23.1 Å². The number of aliphatic hydroxyl groups is 1. The van der Waals surface area contributed by atoms with E-state index < -0.39 is 22.0 Å². The Balaban J connectivity index is 2.09. The number of rotatable bonds is 7. The van der Waals surface area contributed by atoms with Crippen LogP contribution in [0.1, 0.15) is 0 Å². The zero-order valence-corrected chi connectivity index (χ0v) is 17.0. The van der Waals surface area contributed by atoms with Crippen LogP contribution in [0.3, 0.4) is 0 Å². The zero-order valence-electron chi connectivity index (χ0n) is 14.7. The Hall–Kier alpha value is -0.900. The van der Waals surface area contributed by atoms with Gasteiger partial charge in [0.15, 0.2) is 9.84 Å². The van der Waals surface area contributed by atoms with Gasteiger partial charge < -0.3 is 15.3 Å². The molecule has 2 unspecified atom stereocenters. The van der Waals surface area contributed by atoms with E-state index in [2.05, 4.69) is 5.32 Å². The molecule has 26 heavy (non-hydrogen) atoms. The number of nitrogens with one attached hydrogen (secondary N) is 1. The van der Waals surface area contributed by atoms with E-state index in [1.807, 2.05) is 19.0 Å². The van der Waals surface area contributed by atoms with Crippen LogP contribution in [0.15, 0.2) is 18.2 Å². The first-order chi connectivity index (χ1) is 12.1. The monoisotopic (exact) mass is 423 g/mol. The number of sulfone groups is 1. The highest BCUT2D eigenvalue weighted by atomic mass is 35.5. The molecule has 0 spiro atoms. The van der Waals surface area contributed by atoms with Crippen molar-refractivity contribution in [3.05, 3.63) is 28.2 Å². The summed E-state index contributed by atoms with van der Waals surface area (Å²) >= 11 is 11.9. The molecule has 1 heterocycles. The first-order valence-electron chi connectivity index (χ1n) is 8.09. The predicted octanol–water partition coefficient (Wildman–Crippen LogP) is 0.953. The average Bonchev–Trinajstić information content (AvgIpc) is 2.75. The van der Waals surface area contributed by atoms with Crippen LogP contribution in [0, 0.1) is 0 Å². The lowest BCUT2D eigenvalue weighted by Crippen LogP contribution is -2.49. The first-order valence-corrected chi connectivity index (χ1v) is 10.7. The molecule has 1 aliphatic rings. The normalized spacial score (nSPS) is 22.1. The van der Waals surface area contributed by atoms with Crippen molar-refractivity contribution in [1.29, 1.82) is 0 Å². The number of carbonyl (C=O) groups excluding carboxylic acids is 1. The molecule has 1 fully saturated rings. The van der Waals surface area contributed by atoms with E-state index in [0.29, 0.717) is 28.8 Å². The molecule has 1 aromatic rings. The van der Waals surface area contributed by atoms with Gasteiger partial charge in [-0.3, -0.25) is 9.69 Å². The van der Waals surface area contributed by atoms with Gasteiger partial charge in [-0.15, -0.1) is 0 Å². The van der Waals surface area contributed by atoms with Crippen molar-refractivity contribution < 1.29 is 18.3 Å². The smallest absolute Gasteiger partial charge is 0.238 e. The van der Waals surface area contributed by atoms with Crippen LogP contribution in [0.4, 0.5) is 5.69 Å². The Bertz CT molecular complexity index is 738. The number of nitrogens with zero attached hydrogens (tertiary/aromatic N) is 2. The molecule has 0 bridgehead atoms. The molecule has 1 amide bonds. The van der Waals surface area contributed by atoms with Crippen molar-refractivity contribution in [2.75, 3.05) is 50.6 Å². The number of benzene rings is 1. The molecular weight excluding hydrogens is 401 g/mol. The van der Waals surface area contributed by atoms with Crippen LogP contribution in [0.2, 0.25) is 10.0 Å². The van der Waals surface area contributed by atoms with Crippen LogP contribution in [0.5, 0.6) is 0 Å². The van der Waals surface area contributed by atoms with Crippen molar-refractivity contribution in [2.45, 2.75) is 12.1 Å². The first kappa shape index (κ1) is 21.4. The van der Waals surface area contributed by atoms with E-state index in [4.69, 9.17) is 23.2 Å². The maximum absolute atomic E-state index is 12.4. The molecule has 0 aromatic heterocycles. The number of halogens is 2. The summed E-state index contributed by atoms with van der Waals surface area (Å²) in [5.74, 6) is -0.766. The number of hydrogen-bond acceptors (Lipinski definition) is 6. The highest BCUT2D eigenvalue weighted by molar-refractivity contribution is 7.91. The summed E-state index contributed by atoms with van der Waals surface area (Å²) in [7, 11) is 0.460. The Morgan fingerprint density at radius 2 is 1.81 bits per heavy atom. The summed E-state index contributed by atoms with van der Waals surface area (Å²) < 4.78 is 23.6. The molecular formula is C16H23Cl2N3O4S. The second-order valence-electron chi connectivity index (χ2n) is 6.69. The number of likely N-dealkylation sites (N-methyl/N-ethyl adjacent to an activating group) is 1. The zero-order chi connectivity index (χ0) is 19.5. The van der Waals surface area contributed by atoms with Crippen LogP contribution in [-0.4, -0.2) is 86.6 Å². The number of anilines is 1. The molecule has 0 aliphatic carbocycles. The molecule has 0 radical (unpaired) electrons. The molecule has 2 atom stereocenters. The van der Waals surface area contributed by atoms with E-state index in [0.717, 1.165) is 0 Å². The third-order valence-electron chi connectivity index (χ3n) is 4.09. The fourth-order valence-electron chi connectivity index (χ4n) is 2.86. The summed E-state index contributed by atoms with van der Waals surface area (Å²) in [6.07, 6.45) is -1.00. The Labute approximate surface area is 163 Å². The van der Waals surface area contributed by atoms with Crippen molar-refractivity contribution >= 4 is 44.6 Å². The standard InChI is InChI=1S/C16H23Cl2N3O4S/c1-20(2)3-4-21(14-9-26(24,25)10-15(14)22)8-16(23)19-13-6-11(17)5-12(18)7-13/h5-7,14-15,22H,3-4,8-10H2,1-2H3,(H,19,23). The summed E-state index contributed by atoms with van der Waals surface area (Å²) in [6.45, 7) is 1.03. The molecule has 2 rings (SSSR count).